The Morgan fingerprint density at radius 2 is 2.17 bits per heavy atom. The Bertz CT molecular complexity index is 853. The molecule has 2 aromatic rings. The van der Waals surface area contributed by atoms with Crippen LogP contribution in [0.15, 0.2) is 33.8 Å². The molecule has 1 aliphatic rings. The number of hydrogen-bond acceptors (Lipinski definition) is 5. The second-order valence-electron chi connectivity index (χ2n) is 7.11. The number of halogens is 1. The van der Waals surface area contributed by atoms with Crippen molar-refractivity contribution >= 4 is 35.6 Å². The van der Waals surface area contributed by atoms with Crippen LogP contribution in [0.2, 0.25) is 0 Å². The first-order valence-corrected chi connectivity index (χ1v) is 9.75. The zero-order chi connectivity index (χ0) is 19.9. The molecule has 8 heteroatoms. The molecule has 1 atom stereocenters. The standard InChI is InChI=1S/C21H28N6O.HI/c1-15-19(16(2)28-26-15)10-11-24-21(23-3)25-18-8-6-12-27(14-18)20-9-5-4-7-17(20)13-22;/h4-5,7,9,18H,6,8,10-12,14H2,1-3H3,(H2,23,24,25);1H. The molecule has 1 aromatic carbocycles. The average Bonchev–Trinajstić information content (AvgIpc) is 3.05. The minimum atomic E-state index is 0. The van der Waals surface area contributed by atoms with Crippen molar-refractivity contribution in [1.29, 1.82) is 5.26 Å². The van der Waals surface area contributed by atoms with Gasteiger partial charge in [-0.05, 0) is 45.2 Å². The molecular formula is C21H29IN6O. The minimum absolute atomic E-state index is 0. The van der Waals surface area contributed by atoms with Crippen molar-refractivity contribution in [3.8, 4) is 6.07 Å². The molecule has 0 saturated carbocycles. The summed E-state index contributed by atoms with van der Waals surface area (Å²) in [6, 6.07) is 10.4. The highest BCUT2D eigenvalue weighted by atomic mass is 127. The number of rotatable bonds is 5. The number of guanidine groups is 1. The van der Waals surface area contributed by atoms with Crippen LogP contribution in [0.25, 0.3) is 0 Å². The van der Waals surface area contributed by atoms with E-state index in [1.807, 2.05) is 38.1 Å². The van der Waals surface area contributed by atoms with E-state index in [0.717, 1.165) is 73.1 Å². The fraction of sp³-hybridized carbons (Fsp3) is 0.476. The molecule has 0 aliphatic carbocycles. The fourth-order valence-corrected chi connectivity index (χ4v) is 3.71. The van der Waals surface area contributed by atoms with Gasteiger partial charge < -0.3 is 20.1 Å². The van der Waals surface area contributed by atoms with Crippen LogP contribution in [-0.4, -0.2) is 43.8 Å². The third kappa shape index (κ3) is 5.85. The maximum absolute atomic E-state index is 9.38. The van der Waals surface area contributed by atoms with Crippen LogP contribution >= 0.6 is 24.0 Å². The lowest BCUT2D eigenvalue weighted by molar-refractivity contribution is 0.392. The molecule has 2 N–H and O–H groups in total. The van der Waals surface area contributed by atoms with Crippen molar-refractivity contribution < 1.29 is 4.52 Å². The first-order valence-electron chi connectivity index (χ1n) is 9.75. The van der Waals surface area contributed by atoms with E-state index in [4.69, 9.17) is 4.52 Å². The number of piperidine rings is 1. The number of anilines is 1. The summed E-state index contributed by atoms with van der Waals surface area (Å²) in [7, 11) is 1.79. The highest BCUT2D eigenvalue weighted by Gasteiger charge is 2.22. The Morgan fingerprint density at radius 3 is 2.86 bits per heavy atom. The fourth-order valence-electron chi connectivity index (χ4n) is 3.71. The number of aryl methyl sites for hydroxylation is 2. The molecule has 0 spiro atoms. The molecule has 1 aliphatic heterocycles. The summed E-state index contributed by atoms with van der Waals surface area (Å²) in [4.78, 5) is 6.65. The second-order valence-corrected chi connectivity index (χ2v) is 7.11. The Morgan fingerprint density at radius 1 is 1.38 bits per heavy atom. The van der Waals surface area contributed by atoms with E-state index in [-0.39, 0.29) is 30.0 Å². The number of aliphatic imine (C=N–C) groups is 1. The number of nitrogens with one attached hydrogen (secondary N) is 2. The van der Waals surface area contributed by atoms with Crippen LogP contribution in [0.5, 0.6) is 0 Å². The first kappa shape index (κ1) is 23.0. The first-order chi connectivity index (χ1) is 13.6. The lowest BCUT2D eigenvalue weighted by Gasteiger charge is -2.35. The normalized spacial score (nSPS) is 16.7. The number of para-hydroxylation sites is 1. The van der Waals surface area contributed by atoms with Gasteiger partial charge in [-0.3, -0.25) is 4.99 Å². The molecular weight excluding hydrogens is 479 g/mol. The Labute approximate surface area is 189 Å². The topological polar surface area (TPSA) is 89.5 Å². The SMILES string of the molecule is CN=C(NCCc1c(C)noc1C)NC1CCCN(c2ccccc2C#N)C1.I. The summed E-state index contributed by atoms with van der Waals surface area (Å²) < 4.78 is 5.22. The van der Waals surface area contributed by atoms with Crippen molar-refractivity contribution in [1.82, 2.24) is 15.8 Å². The summed E-state index contributed by atoms with van der Waals surface area (Å²) in [5, 5.41) is 20.3. The lowest BCUT2D eigenvalue weighted by Crippen LogP contribution is -2.51. The van der Waals surface area contributed by atoms with Crippen LogP contribution in [-0.2, 0) is 6.42 Å². The molecule has 1 fully saturated rings. The molecule has 1 saturated heterocycles. The van der Waals surface area contributed by atoms with Gasteiger partial charge in [0.1, 0.15) is 11.8 Å². The summed E-state index contributed by atoms with van der Waals surface area (Å²) in [6.07, 6.45) is 3.00. The van der Waals surface area contributed by atoms with Gasteiger partial charge in [0.05, 0.1) is 16.9 Å². The number of benzene rings is 1. The van der Waals surface area contributed by atoms with E-state index in [0.29, 0.717) is 0 Å². The van der Waals surface area contributed by atoms with E-state index in [9.17, 15) is 5.26 Å². The highest BCUT2D eigenvalue weighted by Crippen LogP contribution is 2.23. The lowest BCUT2D eigenvalue weighted by atomic mass is 10.0. The summed E-state index contributed by atoms with van der Waals surface area (Å²) in [6.45, 7) is 6.49. The molecule has 3 rings (SSSR count). The predicted octanol–water partition coefficient (Wildman–Crippen LogP) is 3.16. The molecule has 2 heterocycles. The maximum Gasteiger partial charge on any atom is 0.191 e. The second kappa shape index (κ2) is 11.0. The quantitative estimate of drug-likeness (QED) is 0.367. The van der Waals surface area contributed by atoms with Crippen LogP contribution in [0.3, 0.4) is 0 Å². The van der Waals surface area contributed by atoms with Crippen LogP contribution in [0.4, 0.5) is 5.69 Å². The van der Waals surface area contributed by atoms with Gasteiger partial charge in [0, 0.05) is 38.3 Å². The Hall–Kier alpha value is -2.28. The average molecular weight is 508 g/mol. The third-order valence-corrected chi connectivity index (χ3v) is 5.20. The van der Waals surface area contributed by atoms with Gasteiger partial charge in [-0.2, -0.15) is 5.26 Å². The van der Waals surface area contributed by atoms with Gasteiger partial charge in [-0.25, -0.2) is 0 Å². The number of nitriles is 1. The molecule has 7 nitrogen and oxygen atoms in total. The van der Waals surface area contributed by atoms with Crippen LogP contribution in [0, 0.1) is 25.2 Å². The third-order valence-electron chi connectivity index (χ3n) is 5.20. The number of hydrogen-bond donors (Lipinski definition) is 2. The minimum Gasteiger partial charge on any atom is -0.368 e. The monoisotopic (exact) mass is 508 g/mol. The van der Waals surface area contributed by atoms with Crippen molar-refractivity contribution in [2.24, 2.45) is 4.99 Å². The van der Waals surface area contributed by atoms with Gasteiger partial charge in [-0.1, -0.05) is 17.3 Å². The zero-order valence-corrected chi connectivity index (χ0v) is 19.6. The largest absolute Gasteiger partial charge is 0.368 e. The van der Waals surface area contributed by atoms with E-state index in [1.165, 1.54) is 0 Å². The molecule has 0 bridgehead atoms. The Balaban J connectivity index is 0.00000300. The smallest absolute Gasteiger partial charge is 0.191 e. The van der Waals surface area contributed by atoms with E-state index in [1.54, 1.807) is 7.05 Å². The predicted molar refractivity (Wildman–Crippen MR) is 126 cm³/mol. The highest BCUT2D eigenvalue weighted by molar-refractivity contribution is 14.0. The van der Waals surface area contributed by atoms with Crippen molar-refractivity contribution in [2.45, 2.75) is 39.2 Å². The molecule has 1 unspecified atom stereocenters. The molecule has 0 amide bonds. The molecule has 156 valence electrons. The van der Waals surface area contributed by atoms with Gasteiger partial charge in [-0.15, -0.1) is 24.0 Å². The maximum atomic E-state index is 9.38. The molecule has 1 aromatic heterocycles. The molecule has 0 radical (unpaired) electrons. The van der Waals surface area contributed by atoms with E-state index in [2.05, 4.69) is 31.8 Å². The summed E-state index contributed by atoms with van der Waals surface area (Å²) >= 11 is 0. The van der Waals surface area contributed by atoms with Crippen LogP contribution in [0.1, 0.15) is 35.4 Å². The molecule has 29 heavy (non-hydrogen) atoms. The van der Waals surface area contributed by atoms with Gasteiger partial charge >= 0.3 is 0 Å². The van der Waals surface area contributed by atoms with Crippen molar-refractivity contribution in [3.63, 3.8) is 0 Å². The van der Waals surface area contributed by atoms with E-state index < -0.39 is 0 Å². The van der Waals surface area contributed by atoms with Crippen molar-refractivity contribution in [2.75, 3.05) is 31.6 Å². The zero-order valence-electron chi connectivity index (χ0n) is 17.2. The van der Waals surface area contributed by atoms with Gasteiger partial charge in [0.2, 0.25) is 0 Å². The summed E-state index contributed by atoms with van der Waals surface area (Å²) in [5.74, 6) is 1.67. The summed E-state index contributed by atoms with van der Waals surface area (Å²) in [5.41, 5.74) is 3.84. The number of nitrogens with zero attached hydrogens (tertiary/aromatic N) is 4. The van der Waals surface area contributed by atoms with E-state index >= 15 is 0 Å². The number of aromatic nitrogens is 1. The van der Waals surface area contributed by atoms with Crippen LogP contribution < -0.4 is 15.5 Å². The van der Waals surface area contributed by atoms with Crippen molar-refractivity contribution in [3.05, 3.63) is 46.8 Å². The van der Waals surface area contributed by atoms with Gasteiger partial charge in [0.25, 0.3) is 0 Å². The Kier molecular flexibility index (Phi) is 8.76. The van der Waals surface area contributed by atoms with Gasteiger partial charge in [0.15, 0.2) is 5.96 Å².